The van der Waals surface area contributed by atoms with Gasteiger partial charge >= 0.3 is 0 Å². The van der Waals surface area contributed by atoms with Crippen LogP contribution in [-0.2, 0) is 0 Å². The molecule has 9 heteroatoms. The maximum absolute atomic E-state index is 12.2. The smallest absolute Gasteiger partial charge is 0.289 e. The minimum absolute atomic E-state index is 0.0525. The standard InChI is InChI=1S/C20H19N5O4/c1-13(2)29-17-8-6-15(7-9-17)18-11-19(23-22-18)20(26)24-21-12-14-4-3-5-16(10-14)25(27)28/h3-13H,1-2H3,(H,22,23)(H,24,26). The highest BCUT2D eigenvalue weighted by Crippen LogP contribution is 2.22. The van der Waals surface area contributed by atoms with Crippen molar-refractivity contribution in [2.75, 3.05) is 0 Å². The largest absolute Gasteiger partial charge is 0.491 e. The van der Waals surface area contributed by atoms with Crippen LogP contribution in [0.25, 0.3) is 11.3 Å². The summed E-state index contributed by atoms with van der Waals surface area (Å²) >= 11 is 0. The van der Waals surface area contributed by atoms with Gasteiger partial charge in [-0.3, -0.25) is 20.0 Å². The van der Waals surface area contributed by atoms with Gasteiger partial charge in [-0.15, -0.1) is 0 Å². The Morgan fingerprint density at radius 3 is 2.69 bits per heavy atom. The van der Waals surface area contributed by atoms with Gasteiger partial charge in [-0.2, -0.15) is 10.2 Å². The molecule has 148 valence electrons. The number of carbonyl (C=O) groups excluding carboxylic acids is 1. The summed E-state index contributed by atoms with van der Waals surface area (Å²) in [5.41, 5.74) is 4.47. The van der Waals surface area contributed by atoms with Gasteiger partial charge in [0.15, 0.2) is 0 Å². The van der Waals surface area contributed by atoms with E-state index in [4.69, 9.17) is 4.74 Å². The fourth-order valence-electron chi connectivity index (χ4n) is 2.51. The van der Waals surface area contributed by atoms with Crippen LogP contribution >= 0.6 is 0 Å². The number of ether oxygens (including phenoxy) is 1. The molecule has 3 aromatic rings. The number of hydrogen-bond acceptors (Lipinski definition) is 6. The molecule has 1 amide bonds. The predicted octanol–water partition coefficient (Wildman–Crippen LogP) is 3.54. The van der Waals surface area contributed by atoms with Gasteiger partial charge in [0.05, 0.1) is 22.9 Å². The monoisotopic (exact) mass is 393 g/mol. The molecule has 0 bridgehead atoms. The van der Waals surface area contributed by atoms with Crippen LogP contribution in [0.15, 0.2) is 59.7 Å². The number of amides is 1. The van der Waals surface area contributed by atoms with Crippen molar-refractivity contribution >= 4 is 17.8 Å². The van der Waals surface area contributed by atoms with Gasteiger partial charge in [-0.1, -0.05) is 12.1 Å². The summed E-state index contributed by atoms with van der Waals surface area (Å²) < 4.78 is 5.60. The van der Waals surface area contributed by atoms with E-state index in [-0.39, 0.29) is 17.5 Å². The van der Waals surface area contributed by atoms with Gasteiger partial charge in [-0.25, -0.2) is 5.43 Å². The molecule has 0 aliphatic rings. The fourth-order valence-corrected chi connectivity index (χ4v) is 2.51. The van der Waals surface area contributed by atoms with Gasteiger partial charge in [0.2, 0.25) is 0 Å². The highest BCUT2D eigenvalue weighted by Gasteiger charge is 2.11. The Morgan fingerprint density at radius 1 is 1.24 bits per heavy atom. The van der Waals surface area contributed by atoms with Crippen molar-refractivity contribution in [1.29, 1.82) is 0 Å². The number of rotatable bonds is 7. The van der Waals surface area contributed by atoms with Gasteiger partial charge in [0.25, 0.3) is 11.6 Å². The number of nitrogens with zero attached hydrogens (tertiary/aromatic N) is 3. The van der Waals surface area contributed by atoms with Crippen LogP contribution in [0.3, 0.4) is 0 Å². The van der Waals surface area contributed by atoms with Gasteiger partial charge < -0.3 is 4.74 Å². The van der Waals surface area contributed by atoms with E-state index in [9.17, 15) is 14.9 Å². The Morgan fingerprint density at radius 2 is 2.00 bits per heavy atom. The lowest BCUT2D eigenvalue weighted by atomic mass is 10.1. The Balaban J connectivity index is 1.63. The molecule has 0 unspecified atom stereocenters. The molecule has 9 nitrogen and oxygen atoms in total. The van der Waals surface area contributed by atoms with E-state index in [0.717, 1.165) is 11.3 Å². The van der Waals surface area contributed by atoms with E-state index in [2.05, 4.69) is 20.7 Å². The van der Waals surface area contributed by atoms with Crippen LogP contribution in [-0.4, -0.2) is 33.3 Å². The lowest BCUT2D eigenvalue weighted by Crippen LogP contribution is -2.18. The van der Waals surface area contributed by atoms with Gasteiger partial charge in [0.1, 0.15) is 11.4 Å². The Labute approximate surface area is 166 Å². The minimum atomic E-state index is -0.496. The lowest BCUT2D eigenvalue weighted by Gasteiger charge is -2.09. The first-order chi connectivity index (χ1) is 13.9. The molecular weight excluding hydrogens is 374 g/mol. The number of hydrogen-bond donors (Lipinski definition) is 2. The summed E-state index contributed by atoms with van der Waals surface area (Å²) in [6.45, 7) is 3.90. The average Bonchev–Trinajstić information content (AvgIpc) is 3.18. The van der Waals surface area contributed by atoms with Crippen LogP contribution in [0.2, 0.25) is 0 Å². The molecule has 1 aromatic heterocycles. The van der Waals surface area contributed by atoms with E-state index in [1.807, 2.05) is 38.1 Å². The fraction of sp³-hybridized carbons (Fsp3) is 0.150. The summed E-state index contributed by atoms with van der Waals surface area (Å²) in [4.78, 5) is 22.5. The van der Waals surface area contributed by atoms with Crippen molar-refractivity contribution in [3.8, 4) is 17.0 Å². The number of H-pyrrole nitrogens is 1. The maximum atomic E-state index is 12.2. The van der Waals surface area contributed by atoms with Crippen molar-refractivity contribution in [1.82, 2.24) is 15.6 Å². The van der Waals surface area contributed by atoms with Crippen LogP contribution in [0, 0.1) is 10.1 Å². The first-order valence-corrected chi connectivity index (χ1v) is 8.83. The molecule has 1 heterocycles. The van der Waals surface area contributed by atoms with E-state index in [0.29, 0.717) is 11.3 Å². The minimum Gasteiger partial charge on any atom is -0.491 e. The third-order valence-corrected chi connectivity index (χ3v) is 3.81. The molecule has 0 saturated heterocycles. The number of carbonyl (C=O) groups is 1. The summed E-state index contributed by atoms with van der Waals surface area (Å²) in [7, 11) is 0. The van der Waals surface area contributed by atoms with Crippen LogP contribution in [0.5, 0.6) is 5.75 Å². The second-order valence-electron chi connectivity index (χ2n) is 6.41. The van der Waals surface area contributed by atoms with Crippen molar-refractivity contribution in [3.63, 3.8) is 0 Å². The number of aromatic amines is 1. The van der Waals surface area contributed by atoms with Crippen LogP contribution < -0.4 is 10.2 Å². The summed E-state index contributed by atoms with van der Waals surface area (Å²) in [5.74, 6) is 0.276. The van der Waals surface area contributed by atoms with Crippen LogP contribution in [0.4, 0.5) is 5.69 Å². The second kappa shape index (κ2) is 8.79. The van der Waals surface area contributed by atoms with Gasteiger partial charge in [-0.05, 0) is 44.2 Å². The summed E-state index contributed by atoms with van der Waals surface area (Å²) in [5, 5.41) is 21.4. The average molecular weight is 393 g/mol. The number of aromatic nitrogens is 2. The van der Waals surface area contributed by atoms with Crippen molar-refractivity contribution in [3.05, 3.63) is 76.0 Å². The second-order valence-corrected chi connectivity index (χ2v) is 6.41. The number of nitrogens with one attached hydrogen (secondary N) is 2. The number of non-ortho nitro benzene ring substituents is 1. The van der Waals surface area contributed by atoms with Gasteiger partial charge in [0, 0.05) is 23.3 Å². The molecule has 0 aliphatic carbocycles. The summed E-state index contributed by atoms with van der Waals surface area (Å²) in [6.07, 6.45) is 1.42. The highest BCUT2D eigenvalue weighted by molar-refractivity contribution is 5.94. The molecular formula is C20H19N5O4. The Kier molecular flexibility index (Phi) is 5.98. The topological polar surface area (TPSA) is 123 Å². The molecule has 0 atom stereocenters. The number of benzene rings is 2. The number of nitro benzene ring substituents is 1. The zero-order valence-corrected chi connectivity index (χ0v) is 15.8. The summed E-state index contributed by atoms with van der Waals surface area (Å²) in [6, 6.07) is 14.9. The molecule has 2 N–H and O–H groups in total. The molecule has 0 radical (unpaired) electrons. The SMILES string of the molecule is CC(C)Oc1ccc(-c2cc(C(=O)NN=Cc3cccc([N+](=O)[O-])c3)[nH]n2)cc1. The van der Waals surface area contributed by atoms with E-state index in [1.54, 1.807) is 18.2 Å². The first-order valence-electron chi connectivity index (χ1n) is 8.83. The van der Waals surface area contributed by atoms with Crippen molar-refractivity contribution in [2.45, 2.75) is 20.0 Å². The first kappa shape index (κ1) is 19.7. The van der Waals surface area contributed by atoms with Crippen molar-refractivity contribution < 1.29 is 14.5 Å². The quantitative estimate of drug-likeness (QED) is 0.361. The molecule has 29 heavy (non-hydrogen) atoms. The number of hydrazone groups is 1. The van der Waals surface area contributed by atoms with Crippen LogP contribution in [0.1, 0.15) is 29.9 Å². The predicted molar refractivity (Wildman–Crippen MR) is 108 cm³/mol. The van der Waals surface area contributed by atoms with Crippen molar-refractivity contribution in [2.24, 2.45) is 5.10 Å². The molecule has 0 aliphatic heterocycles. The third-order valence-electron chi connectivity index (χ3n) is 3.81. The zero-order valence-electron chi connectivity index (χ0n) is 15.8. The normalized spacial score (nSPS) is 11.0. The molecule has 3 rings (SSSR count). The highest BCUT2D eigenvalue weighted by atomic mass is 16.6. The molecule has 0 spiro atoms. The van der Waals surface area contributed by atoms with E-state index in [1.165, 1.54) is 18.3 Å². The molecule has 2 aromatic carbocycles. The zero-order chi connectivity index (χ0) is 20.8. The lowest BCUT2D eigenvalue weighted by molar-refractivity contribution is -0.384. The van der Waals surface area contributed by atoms with E-state index >= 15 is 0 Å². The Hall–Kier alpha value is -4.01. The maximum Gasteiger partial charge on any atom is 0.289 e. The number of nitro groups is 1. The third kappa shape index (κ3) is 5.25. The Bertz CT molecular complexity index is 1040. The van der Waals surface area contributed by atoms with E-state index < -0.39 is 10.8 Å². The molecule has 0 fully saturated rings. The molecule has 0 saturated carbocycles.